The summed E-state index contributed by atoms with van der Waals surface area (Å²) in [6.07, 6.45) is 2.05. The molecule has 0 fully saturated rings. The van der Waals surface area contributed by atoms with Gasteiger partial charge in [-0.05, 0) is 32.4 Å². The summed E-state index contributed by atoms with van der Waals surface area (Å²) in [6, 6.07) is 3.90. The highest BCUT2D eigenvalue weighted by atomic mass is 16.3. The van der Waals surface area contributed by atoms with Gasteiger partial charge in [0, 0.05) is 13.1 Å². The minimum atomic E-state index is -0.458. The summed E-state index contributed by atoms with van der Waals surface area (Å²) in [5.41, 5.74) is 2.94. The number of aromatic nitrogens is 1. The van der Waals surface area contributed by atoms with Gasteiger partial charge in [0.05, 0.1) is 23.7 Å². The Hall–Kier alpha value is -1.35. The molecule has 3 nitrogen and oxygen atoms in total. The molecule has 1 atom stereocenters. The first kappa shape index (κ1) is 13.7. The number of rotatable bonds is 6. The normalized spacial score (nSPS) is 12.2. The molecule has 0 aliphatic heterocycles. The predicted octanol–water partition coefficient (Wildman–Crippen LogP) is 2.93. The van der Waals surface area contributed by atoms with Gasteiger partial charge in [0.15, 0.2) is 0 Å². The molecule has 0 bridgehead atoms. The fraction of sp³-hybridized carbons (Fsp3) is 0.500. The van der Waals surface area contributed by atoms with Crippen LogP contribution in [0.15, 0.2) is 30.5 Å². The van der Waals surface area contributed by atoms with E-state index < -0.39 is 6.10 Å². The third-order valence-corrected chi connectivity index (χ3v) is 2.71. The lowest BCUT2D eigenvalue weighted by Gasteiger charge is -2.23. The molecule has 1 heterocycles. The summed E-state index contributed by atoms with van der Waals surface area (Å²) in [5.74, 6) is 0. The summed E-state index contributed by atoms with van der Waals surface area (Å²) in [7, 11) is 0. The zero-order valence-electron chi connectivity index (χ0n) is 11.0. The third-order valence-electron chi connectivity index (χ3n) is 2.71. The van der Waals surface area contributed by atoms with Crippen molar-refractivity contribution in [3.63, 3.8) is 0 Å². The lowest BCUT2D eigenvalue weighted by molar-refractivity contribution is 0.169. The maximum absolute atomic E-state index is 9.67. The molecule has 1 aromatic heterocycles. The second-order valence-corrected chi connectivity index (χ2v) is 4.34. The van der Waals surface area contributed by atoms with Gasteiger partial charge in [-0.3, -0.25) is 4.98 Å². The first-order valence-corrected chi connectivity index (χ1v) is 6.11. The number of hydrogen-bond donors (Lipinski definition) is 1. The lowest BCUT2D eigenvalue weighted by Crippen LogP contribution is -2.24. The second kappa shape index (κ2) is 6.40. The number of likely N-dealkylation sites (N-methyl/N-ethyl adjacent to an activating group) is 1. The molecular formula is C14H22N2O. The number of hydrogen-bond acceptors (Lipinski definition) is 3. The average molecular weight is 234 g/mol. The van der Waals surface area contributed by atoms with Crippen molar-refractivity contribution in [2.24, 2.45) is 0 Å². The smallest absolute Gasteiger partial charge is 0.0957 e. The summed E-state index contributed by atoms with van der Waals surface area (Å²) >= 11 is 0. The molecule has 0 saturated carbocycles. The van der Waals surface area contributed by atoms with Crippen molar-refractivity contribution >= 4 is 5.69 Å². The standard InChI is InChI=1S/C14H22N2O/c1-5-14(17)13-8-7-12(9-15-13)16(6-2)10-11(3)4/h7-9,14,17H,3,5-6,10H2,1-2,4H3/t14-/m0/s1. The predicted molar refractivity (Wildman–Crippen MR) is 72.2 cm³/mol. The highest BCUT2D eigenvalue weighted by Gasteiger charge is 2.08. The highest BCUT2D eigenvalue weighted by Crippen LogP contribution is 2.18. The first-order chi connectivity index (χ1) is 8.08. The summed E-state index contributed by atoms with van der Waals surface area (Å²) in [4.78, 5) is 6.51. The van der Waals surface area contributed by atoms with Gasteiger partial charge in [0.1, 0.15) is 0 Å². The maximum atomic E-state index is 9.67. The van der Waals surface area contributed by atoms with E-state index in [-0.39, 0.29) is 0 Å². The summed E-state index contributed by atoms with van der Waals surface area (Å²) in [6.45, 7) is 11.8. The van der Waals surface area contributed by atoms with Gasteiger partial charge in [0.2, 0.25) is 0 Å². The maximum Gasteiger partial charge on any atom is 0.0957 e. The molecule has 0 radical (unpaired) electrons. The van der Waals surface area contributed by atoms with E-state index in [2.05, 4.69) is 23.4 Å². The molecule has 0 unspecified atom stereocenters. The second-order valence-electron chi connectivity index (χ2n) is 4.34. The van der Waals surface area contributed by atoms with Crippen LogP contribution in [0.5, 0.6) is 0 Å². The van der Waals surface area contributed by atoms with Crippen LogP contribution in [0.25, 0.3) is 0 Å². The number of nitrogens with zero attached hydrogens (tertiary/aromatic N) is 2. The zero-order chi connectivity index (χ0) is 12.8. The Balaban J connectivity index is 2.81. The van der Waals surface area contributed by atoms with Crippen LogP contribution in [-0.2, 0) is 0 Å². The largest absolute Gasteiger partial charge is 0.387 e. The molecule has 1 N–H and O–H groups in total. The molecule has 17 heavy (non-hydrogen) atoms. The molecule has 1 rings (SSSR count). The quantitative estimate of drug-likeness (QED) is 0.769. The fourth-order valence-corrected chi connectivity index (χ4v) is 1.70. The van der Waals surface area contributed by atoms with Crippen LogP contribution in [0.2, 0.25) is 0 Å². The highest BCUT2D eigenvalue weighted by molar-refractivity contribution is 5.45. The van der Waals surface area contributed by atoms with E-state index in [1.54, 1.807) is 0 Å². The molecule has 0 aromatic carbocycles. The van der Waals surface area contributed by atoms with Gasteiger partial charge >= 0.3 is 0 Å². The number of aliphatic hydroxyl groups is 1. The topological polar surface area (TPSA) is 36.4 Å². The molecule has 0 amide bonds. The van der Waals surface area contributed by atoms with E-state index in [0.29, 0.717) is 6.42 Å². The minimum Gasteiger partial charge on any atom is -0.387 e. The van der Waals surface area contributed by atoms with Gasteiger partial charge in [-0.1, -0.05) is 19.1 Å². The number of anilines is 1. The molecule has 0 saturated heterocycles. The van der Waals surface area contributed by atoms with Crippen LogP contribution in [0.3, 0.4) is 0 Å². The van der Waals surface area contributed by atoms with Crippen LogP contribution in [0.1, 0.15) is 39.0 Å². The van der Waals surface area contributed by atoms with Gasteiger partial charge in [-0.25, -0.2) is 0 Å². The van der Waals surface area contributed by atoms with E-state index in [9.17, 15) is 5.11 Å². The summed E-state index contributed by atoms with van der Waals surface area (Å²) in [5, 5.41) is 9.67. The number of pyridine rings is 1. The third kappa shape index (κ3) is 3.86. The van der Waals surface area contributed by atoms with Gasteiger partial charge in [-0.15, -0.1) is 0 Å². The Morgan fingerprint density at radius 1 is 1.47 bits per heavy atom. The van der Waals surface area contributed by atoms with Crippen molar-refractivity contribution in [3.05, 3.63) is 36.2 Å². The first-order valence-electron chi connectivity index (χ1n) is 6.11. The van der Waals surface area contributed by atoms with Crippen molar-refractivity contribution in [3.8, 4) is 0 Å². The van der Waals surface area contributed by atoms with Crippen molar-refractivity contribution in [2.75, 3.05) is 18.0 Å². The van der Waals surface area contributed by atoms with Crippen LogP contribution in [0, 0.1) is 0 Å². The van der Waals surface area contributed by atoms with E-state index in [1.165, 1.54) is 0 Å². The Labute approximate surface area is 104 Å². The fourth-order valence-electron chi connectivity index (χ4n) is 1.70. The molecule has 94 valence electrons. The van der Waals surface area contributed by atoms with Crippen LogP contribution < -0.4 is 4.90 Å². The summed E-state index contributed by atoms with van der Waals surface area (Å²) < 4.78 is 0. The van der Waals surface area contributed by atoms with Gasteiger partial charge in [-0.2, -0.15) is 0 Å². The van der Waals surface area contributed by atoms with Crippen LogP contribution in [0.4, 0.5) is 5.69 Å². The monoisotopic (exact) mass is 234 g/mol. The van der Waals surface area contributed by atoms with Crippen LogP contribution in [-0.4, -0.2) is 23.2 Å². The minimum absolute atomic E-state index is 0.458. The van der Waals surface area contributed by atoms with E-state index in [4.69, 9.17) is 0 Å². The zero-order valence-corrected chi connectivity index (χ0v) is 11.0. The van der Waals surface area contributed by atoms with E-state index >= 15 is 0 Å². The SMILES string of the molecule is C=C(C)CN(CC)c1ccc([C@@H](O)CC)nc1. The van der Waals surface area contributed by atoms with E-state index in [1.807, 2.05) is 32.2 Å². The molecule has 0 aliphatic carbocycles. The Morgan fingerprint density at radius 2 is 2.18 bits per heavy atom. The van der Waals surface area contributed by atoms with Crippen molar-refractivity contribution < 1.29 is 5.11 Å². The Morgan fingerprint density at radius 3 is 2.59 bits per heavy atom. The molecular weight excluding hydrogens is 212 g/mol. The lowest BCUT2D eigenvalue weighted by atomic mass is 10.2. The van der Waals surface area contributed by atoms with E-state index in [0.717, 1.165) is 30.0 Å². The Kier molecular flexibility index (Phi) is 5.16. The molecule has 0 aliphatic rings. The van der Waals surface area contributed by atoms with Gasteiger partial charge < -0.3 is 10.0 Å². The molecule has 1 aromatic rings. The van der Waals surface area contributed by atoms with Crippen LogP contribution >= 0.6 is 0 Å². The Bertz CT molecular complexity index is 359. The van der Waals surface area contributed by atoms with Crippen molar-refractivity contribution in [1.29, 1.82) is 0 Å². The average Bonchev–Trinajstić information content (AvgIpc) is 2.35. The van der Waals surface area contributed by atoms with Crippen molar-refractivity contribution in [2.45, 2.75) is 33.3 Å². The molecule has 3 heteroatoms. The van der Waals surface area contributed by atoms with Gasteiger partial charge in [0.25, 0.3) is 0 Å². The molecule has 0 spiro atoms. The van der Waals surface area contributed by atoms with Crippen molar-refractivity contribution in [1.82, 2.24) is 4.98 Å². The number of aliphatic hydroxyl groups excluding tert-OH is 1.